The summed E-state index contributed by atoms with van der Waals surface area (Å²) >= 11 is 0. The van der Waals surface area contributed by atoms with Crippen molar-refractivity contribution in [3.63, 3.8) is 0 Å². The molecule has 2 atom stereocenters. The quantitative estimate of drug-likeness (QED) is 0.884. The van der Waals surface area contributed by atoms with Gasteiger partial charge in [0.2, 0.25) is 0 Å². The fourth-order valence-electron chi connectivity index (χ4n) is 2.99. The summed E-state index contributed by atoms with van der Waals surface area (Å²) in [6.45, 7) is 4.46. The number of nitrogens with two attached hydrogens (primary N) is 1. The molecule has 2 rings (SSSR count). The predicted molar refractivity (Wildman–Crippen MR) is 82.6 cm³/mol. The fraction of sp³-hybridized carbons (Fsp3) is 0.625. The second-order valence-corrected chi connectivity index (χ2v) is 5.73. The van der Waals surface area contributed by atoms with E-state index in [0.29, 0.717) is 6.04 Å². The third-order valence-electron chi connectivity index (χ3n) is 4.34. The van der Waals surface area contributed by atoms with Crippen molar-refractivity contribution in [1.29, 1.82) is 0 Å². The molecule has 19 heavy (non-hydrogen) atoms. The van der Waals surface area contributed by atoms with Gasteiger partial charge in [0.15, 0.2) is 0 Å². The number of likely N-dealkylation sites (tertiary alicyclic amines) is 1. The lowest BCUT2D eigenvalue weighted by molar-refractivity contribution is 0.314. The van der Waals surface area contributed by atoms with Crippen LogP contribution in [0, 0.1) is 0 Å². The van der Waals surface area contributed by atoms with Crippen LogP contribution in [0.2, 0.25) is 0 Å². The molecule has 1 fully saturated rings. The van der Waals surface area contributed by atoms with E-state index < -0.39 is 0 Å². The summed E-state index contributed by atoms with van der Waals surface area (Å²) in [5, 5.41) is 0. The number of benzene rings is 1. The van der Waals surface area contributed by atoms with Crippen molar-refractivity contribution >= 4 is 5.69 Å². The monoisotopic (exact) mass is 261 g/mol. The van der Waals surface area contributed by atoms with Gasteiger partial charge in [0, 0.05) is 31.4 Å². The zero-order chi connectivity index (χ0) is 13.8. The van der Waals surface area contributed by atoms with E-state index in [0.717, 1.165) is 13.0 Å². The number of para-hydroxylation sites is 1. The summed E-state index contributed by atoms with van der Waals surface area (Å²) in [6.07, 6.45) is 3.61. The molecule has 106 valence electrons. The van der Waals surface area contributed by atoms with Crippen LogP contribution in [-0.2, 0) is 0 Å². The van der Waals surface area contributed by atoms with Gasteiger partial charge in [-0.25, -0.2) is 0 Å². The van der Waals surface area contributed by atoms with Gasteiger partial charge in [-0.1, -0.05) is 25.1 Å². The Hall–Kier alpha value is -1.06. The fourth-order valence-corrected chi connectivity index (χ4v) is 2.99. The Balaban J connectivity index is 2.12. The summed E-state index contributed by atoms with van der Waals surface area (Å²) in [6, 6.07) is 9.37. The molecule has 1 heterocycles. The van der Waals surface area contributed by atoms with Gasteiger partial charge >= 0.3 is 0 Å². The van der Waals surface area contributed by atoms with Gasteiger partial charge in [-0.2, -0.15) is 0 Å². The van der Waals surface area contributed by atoms with Crippen LogP contribution in [0.4, 0.5) is 5.69 Å². The third kappa shape index (κ3) is 3.28. The maximum Gasteiger partial charge on any atom is 0.0412 e. The topological polar surface area (TPSA) is 32.5 Å². The van der Waals surface area contributed by atoms with Crippen molar-refractivity contribution in [2.75, 3.05) is 32.1 Å². The molecular formula is C16H27N3. The summed E-state index contributed by atoms with van der Waals surface area (Å²) in [4.78, 5) is 4.84. The minimum atomic E-state index is 0.139. The highest BCUT2D eigenvalue weighted by atomic mass is 15.2. The molecule has 1 saturated heterocycles. The molecule has 0 amide bonds. The van der Waals surface area contributed by atoms with Crippen molar-refractivity contribution in [3.05, 3.63) is 29.8 Å². The highest BCUT2D eigenvalue weighted by molar-refractivity contribution is 5.54. The first kappa shape index (κ1) is 14.4. The van der Waals surface area contributed by atoms with Gasteiger partial charge < -0.3 is 15.5 Å². The average Bonchev–Trinajstić information content (AvgIpc) is 2.83. The van der Waals surface area contributed by atoms with Gasteiger partial charge in [-0.15, -0.1) is 0 Å². The number of nitrogens with zero attached hydrogens (tertiary/aromatic N) is 2. The van der Waals surface area contributed by atoms with E-state index in [2.05, 4.69) is 55.1 Å². The van der Waals surface area contributed by atoms with Gasteiger partial charge in [0.05, 0.1) is 0 Å². The summed E-state index contributed by atoms with van der Waals surface area (Å²) in [5.41, 5.74) is 8.79. The van der Waals surface area contributed by atoms with Crippen LogP contribution in [0.1, 0.15) is 37.8 Å². The second-order valence-electron chi connectivity index (χ2n) is 5.73. The molecule has 1 aromatic carbocycles. The Morgan fingerprint density at radius 1 is 1.42 bits per heavy atom. The average molecular weight is 261 g/mol. The molecule has 0 aliphatic carbocycles. The molecular weight excluding hydrogens is 234 g/mol. The van der Waals surface area contributed by atoms with E-state index in [1.54, 1.807) is 0 Å². The number of likely N-dealkylation sites (N-methyl/N-ethyl adjacent to an activating group) is 2. The molecule has 0 spiro atoms. The summed E-state index contributed by atoms with van der Waals surface area (Å²) in [7, 11) is 4.42. The Kier molecular flexibility index (Phi) is 4.83. The van der Waals surface area contributed by atoms with Crippen molar-refractivity contribution in [2.24, 2.45) is 5.73 Å². The molecule has 3 heteroatoms. The largest absolute Gasteiger partial charge is 0.373 e. The van der Waals surface area contributed by atoms with Crippen LogP contribution in [0.15, 0.2) is 24.3 Å². The Morgan fingerprint density at radius 3 is 2.79 bits per heavy atom. The van der Waals surface area contributed by atoms with E-state index in [1.165, 1.54) is 30.6 Å². The minimum Gasteiger partial charge on any atom is -0.373 e. The third-order valence-corrected chi connectivity index (χ3v) is 4.34. The Labute approximate surface area is 117 Å². The van der Waals surface area contributed by atoms with Gasteiger partial charge in [0.25, 0.3) is 0 Å². The number of rotatable bonds is 5. The maximum absolute atomic E-state index is 6.23. The zero-order valence-corrected chi connectivity index (χ0v) is 12.5. The van der Waals surface area contributed by atoms with Crippen molar-refractivity contribution in [2.45, 2.75) is 38.3 Å². The van der Waals surface area contributed by atoms with Crippen LogP contribution in [0.5, 0.6) is 0 Å². The molecule has 0 saturated carbocycles. The van der Waals surface area contributed by atoms with Crippen LogP contribution >= 0.6 is 0 Å². The summed E-state index contributed by atoms with van der Waals surface area (Å²) in [5.74, 6) is 0. The first-order valence-corrected chi connectivity index (χ1v) is 7.39. The van der Waals surface area contributed by atoms with Crippen molar-refractivity contribution in [3.8, 4) is 0 Å². The first-order chi connectivity index (χ1) is 9.13. The summed E-state index contributed by atoms with van der Waals surface area (Å²) < 4.78 is 0. The lowest BCUT2D eigenvalue weighted by atomic mass is 10.0. The van der Waals surface area contributed by atoms with E-state index in [1.807, 2.05) is 0 Å². The maximum atomic E-state index is 6.23. The van der Waals surface area contributed by atoms with Gasteiger partial charge in [-0.3, -0.25) is 0 Å². The standard InChI is InChI=1S/C16H27N3/c1-4-15(17)14-9-5-6-10-16(14)19(3)12-13-8-7-11-18(13)2/h5-6,9-10,13,15H,4,7-8,11-12,17H2,1-3H3/t13?,15-/m1/s1. The molecule has 1 aliphatic rings. The first-order valence-electron chi connectivity index (χ1n) is 7.39. The van der Waals surface area contributed by atoms with Crippen molar-refractivity contribution in [1.82, 2.24) is 4.90 Å². The number of hydrogen-bond acceptors (Lipinski definition) is 3. The molecule has 0 radical (unpaired) electrons. The van der Waals surface area contributed by atoms with Crippen LogP contribution in [-0.4, -0.2) is 38.1 Å². The predicted octanol–water partition coefficient (Wildman–Crippen LogP) is 2.63. The lowest BCUT2D eigenvalue weighted by Gasteiger charge is -2.29. The van der Waals surface area contributed by atoms with Gasteiger partial charge in [0.1, 0.15) is 0 Å². The second kappa shape index (κ2) is 6.40. The Bertz CT molecular complexity index is 405. The molecule has 1 aliphatic heterocycles. The number of hydrogen-bond donors (Lipinski definition) is 1. The van der Waals surface area contributed by atoms with Crippen molar-refractivity contribution < 1.29 is 0 Å². The molecule has 0 bridgehead atoms. The SMILES string of the molecule is CC[C@@H](N)c1ccccc1N(C)CC1CCCN1C. The Morgan fingerprint density at radius 2 is 2.16 bits per heavy atom. The van der Waals surface area contributed by atoms with Crippen LogP contribution in [0.25, 0.3) is 0 Å². The normalized spacial score (nSPS) is 21.6. The highest BCUT2D eigenvalue weighted by Gasteiger charge is 2.23. The lowest BCUT2D eigenvalue weighted by Crippen LogP contribution is -2.37. The zero-order valence-electron chi connectivity index (χ0n) is 12.5. The van der Waals surface area contributed by atoms with E-state index in [4.69, 9.17) is 5.73 Å². The molecule has 2 N–H and O–H groups in total. The minimum absolute atomic E-state index is 0.139. The molecule has 1 aromatic rings. The molecule has 3 nitrogen and oxygen atoms in total. The van der Waals surface area contributed by atoms with Crippen LogP contribution in [0.3, 0.4) is 0 Å². The molecule has 0 aromatic heterocycles. The van der Waals surface area contributed by atoms with E-state index >= 15 is 0 Å². The smallest absolute Gasteiger partial charge is 0.0412 e. The number of anilines is 1. The van der Waals surface area contributed by atoms with Gasteiger partial charge in [-0.05, 0) is 44.5 Å². The highest BCUT2D eigenvalue weighted by Crippen LogP contribution is 2.27. The van der Waals surface area contributed by atoms with E-state index in [-0.39, 0.29) is 6.04 Å². The van der Waals surface area contributed by atoms with Crippen LogP contribution < -0.4 is 10.6 Å². The van der Waals surface area contributed by atoms with E-state index in [9.17, 15) is 0 Å². The molecule has 1 unspecified atom stereocenters.